The Morgan fingerprint density at radius 1 is 0.706 bits per heavy atom. The van der Waals surface area contributed by atoms with Crippen molar-refractivity contribution in [3.05, 3.63) is 24.8 Å². The standard InChI is InChI=1S/C17H32/c1-3-5-7-9-11-13-15-17-16-14-12-10-8-6-4-2/h3,5,7H,1,4,6,8-17H2,2H3/b7-5-. The molecule has 0 N–H and O–H groups in total. The molecule has 0 aromatic rings. The summed E-state index contributed by atoms with van der Waals surface area (Å²) in [5, 5.41) is 0. The van der Waals surface area contributed by atoms with Gasteiger partial charge in [-0.15, -0.1) is 0 Å². The SMILES string of the molecule is C=C/C=C\CCCCCCCCCCCCC. The molecule has 0 atom stereocenters. The Hall–Kier alpha value is -0.520. The van der Waals surface area contributed by atoms with Crippen molar-refractivity contribution >= 4 is 0 Å². The number of unbranched alkanes of at least 4 members (excludes halogenated alkanes) is 11. The fourth-order valence-electron chi connectivity index (χ4n) is 2.12. The molecular weight excluding hydrogens is 204 g/mol. The van der Waals surface area contributed by atoms with Gasteiger partial charge in [0.15, 0.2) is 0 Å². The largest absolute Gasteiger partial charge is 0.0991 e. The summed E-state index contributed by atoms with van der Waals surface area (Å²) >= 11 is 0. The van der Waals surface area contributed by atoms with E-state index in [0.717, 1.165) is 0 Å². The minimum Gasteiger partial charge on any atom is -0.0991 e. The first-order valence-electron chi connectivity index (χ1n) is 7.69. The van der Waals surface area contributed by atoms with E-state index in [1.165, 1.54) is 77.0 Å². The Labute approximate surface area is 109 Å². The lowest BCUT2D eigenvalue weighted by molar-refractivity contribution is 0.550. The van der Waals surface area contributed by atoms with Gasteiger partial charge in [-0.05, 0) is 12.8 Å². The summed E-state index contributed by atoms with van der Waals surface area (Å²) in [7, 11) is 0. The molecule has 0 saturated carbocycles. The van der Waals surface area contributed by atoms with E-state index in [0.29, 0.717) is 0 Å². The van der Waals surface area contributed by atoms with Gasteiger partial charge in [0.25, 0.3) is 0 Å². The highest BCUT2D eigenvalue weighted by molar-refractivity contribution is 4.96. The molecular formula is C17H32. The molecule has 0 amide bonds. The topological polar surface area (TPSA) is 0 Å². The molecule has 0 aromatic heterocycles. The maximum atomic E-state index is 3.67. The molecule has 0 nitrogen and oxygen atoms in total. The highest BCUT2D eigenvalue weighted by Crippen LogP contribution is 2.11. The van der Waals surface area contributed by atoms with Crippen molar-refractivity contribution in [3.63, 3.8) is 0 Å². The van der Waals surface area contributed by atoms with Gasteiger partial charge >= 0.3 is 0 Å². The van der Waals surface area contributed by atoms with Crippen LogP contribution in [0.25, 0.3) is 0 Å². The molecule has 0 aliphatic heterocycles. The van der Waals surface area contributed by atoms with Gasteiger partial charge in [-0.1, -0.05) is 95.9 Å². The van der Waals surface area contributed by atoms with E-state index in [-0.39, 0.29) is 0 Å². The van der Waals surface area contributed by atoms with Gasteiger partial charge in [0.05, 0.1) is 0 Å². The normalized spacial score (nSPS) is 11.1. The van der Waals surface area contributed by atoms with Crippen molar-refractivity contribution in [1.29, 1.82) is 0 Å². The average molecular weight is 236 g/mol. The molecule has 0 unspecified atom stereocenters. The Morgan fingerprint density at radius 2 is 1.18 bits per heavy atom. The van der Waals surface area contributed by atoms with Crippen LogP contribution < -0.4 is 0 Å². The minimum absolute atomic E-state index is 1.23. The highest BCUT2D eigenvalue weighted by atomic mass is 14.0. The lowest BCUT2D eigenvalue weighted by atomic mass is 10.1. The second-order valence-corrected chi connectivity index (χ2v) is 4.99. The lowest BCUT2D eigenvalue weighted by Gasteiger charge is -2.01. The van der Waals surface area contributed by atoms with Crippen molar-refractivity contribution in [1.82, 2.24) is 0 Å². The molecule has 0 spiro atoms. The lowest BCUT2D eigenvalue weighted by Crippen LogP contribution is -1.81. The number of rotatable bonds is 13. The quantitative estimate of drug-likeness (QED) is 0.255. The monoisotopic (exact) mass is 236 g/mol. The molecule has 0 fully saturated rings. The van der Waals surface area contributed by atoms with Gasteiger partial charge in [0.1, 0.15) is 0 Å². The zero-order valence-electron chi connectivity index (χ0n) is 11.9. The third kappa shape index (κ3) is 15.5. The van der Waals surface area contributed by atoms with Crippen LogP contribution in [0, 0.1) is 0 Å². The van der Waals surface area contributed by atoms with Gasteiger partial charge in [0, 0.05) is 0 Å². The summed E-state index contributed by atoms with van der Waals surface area (Å²) in [5.74, 6) is 0. The van der Waals surface area contributed by atoms with Gasteiger partial charge in [-0.25, -0.2) is 0 Å². The summed E-state index contributed by atoms with van der Waals surface area (Å²) < 4.78 is 0. The van der Waals surface area contributed by atoms with E-state index in [2.05, 4.69) is 25.7 Å². The minimum atomic E-state index is 1.23. The van der Waals surface area contributed by atoms with Crippen LogP contribution in [0.1, 0.15) is 84.0 Å². The van der Waals surface area contributed by atoms with Gasteiger partial charge in [-0.2, -0.15) is 0 Å². The highest BCUT2D eigenvalue weighted by Gasteiger charge is 1.92. The smallest absolute Gasteiger partial charge is 0.0348 e. The summed E-state index contributed by atoms with van der Waals surface area (Å²) in [6.07, 6.45) is 23.0. The Morgan fingerprint density at radius 3 is 1.65 bits per heavy atom. The Balaban J connectivity index is 2.93. The molecule has 0 radical (unpaired) electrons. The van der Waals surface area contributed by atoms with Crippen LogP contribution in [0.4, 0.5) is 0 Å². The predicted octanol–water partition coefficient (Wildman–Crippen LogP) is 6.43. The van der Waals surface area contributed by atoms with Crippen molar-refractivity contribution < 1.29 is 0 Å². The summed E-state index contributed by atoms with van der Waals surface area (Å²) in [4.78, 5) is 0. The van der Waals surface area contributed by atoms with E-state index >= 15 is 0 Å². The molecule has 0 aliphatic carbocycles. The number of hydrogen-bond acceptors (Lipinski definition) is 0. The van der Waals surface area contributed by atoms with Crippen LogP contribution in [-0.2, 0) is 0 Å². The first-order valence-corrected chi connectivity index (χ1v) is 7.69. The second kappa shape index (κ2) is 15.5. The zero-order chi connectivity index (χ0) is 12.6. The molecule has 0 heteroatoms. The van der Waals surface area contributed by atoms with Gasteiger partial charge < -0.3 is 0 Å². The van der Waals surface area contributed by atoms with Gasteiger partial charge in [0.2, 0.25) is 0 Å². The van der Waals surface area contributed by atoms with Crippen molar-refractivity contribution in [3.8, 4) is 0 Å². The zero-order valence-corrected chi connectivity index (χ0v) is 11.9. The van der Waals surface area contributed by atoms with E-state index < -0.39 is 0 Å². The van der Waals surface area contributed by atoms with E-state index in [1.807, 2.05) is 6.08 Å². The van der Waals surface area contributed by atoms with Crippen LogP contribution in [-0.4, -0.2) is 0 Å². The molecule has 0 saturated heterocycles. The maximum Gasteiger partial charge on any atom is -0.0348 e. The maximum absolute atomic E-state index is 3.67. The molecule has 0 aliphatic rings. The third-order valence-electron chi connectivity index (χ3n) is 3.25. The molecule has 0 aromatic carbocycles. The van der Waals surface area contributed by atoms with Crippen molar-refractivity contribution in [2.75, 3.05) is 0 Å². The molecule has 0 rings (SSSR count). The molecule has 0 bridgehead atoms. The number of allylic oxidation sites excluding steroid dienone is 3. The van der Waals surface area contributed by atoms with Crippen LogP contribution in [0.5, 0.6) is 0 Å². The van der Waals surface area contributed by atoms with E-state index in [1.54, 1.807) is 0 Å². The van der Waals surface area contributed by atoms with Crippen molar-refractivity contribution in [2.45, 2.75) is 84.0 Å². The van der Waals surface area contributed by atoms with Gasteiger partial charge in [-0.3, -0.25) is 0 Å². The van der Waals surface area contributed by atoms with E-state index in [9.17, 15) is 0 Å². The Kier molecular flexibility index (Phi) is 15.0. The first-order chi connectivity index (χ1) is 8.41. The van der Waals surface area contributed by atoms with Crippen molar-refractivity contribution in [2.24, 2.45) is 0 Å². The summed E-state index contributed by atoms with van der Waals surface area (Å²) in [6.45, 7) is 5.95. The molecule has 0 heterocycles. The Bertz CT molecular complexity index is 167. The molecule has 100 valence electrons. The van der Waals surface area contributed by atoms with Crippen LogP contribution in [0.2, 0.25) is 0 Å². The summed E-state index contributed by atoms with van der Waals surface area (Å²) in [5.41, 5.74) is 0. The fourth-order valence-corrected chi connectivity index (χ4v) is 2.12. The first kappa shape index (κ1) is 16.5. The van der Waals surface area contributed by atoms with E-state index in [4.69, 9.17) is 0 Å². The van der Waals surface area contributed by atoms with Crippen LogP contribution in [0.15, 0.2) is 24.8 Å². The molecule has 17 heavy (non-hydrogen) atoms. The number of hydrogen-bond donors (Lipinski definition) is 0. The fraction of sp³-hybridized carbons (Fsp3) is 0.765. The van der Waals surface area contributed by atoms with Crippen LogP contribution >= 0.6 is 0 Å². The average Bonchev–Trinajstić information content (AvgIpc) is 2.35. The predicted molar refractivity (Wildman–Crippen MR) is 80.4 cm³/mol. The third-order valence-corrected chi connectivity index (χ3v) is 3.25. The second-order valence-electron chi connectivity index (χ2n) is 4.99. The van der Waals surface area contributed by atoms with Crippen LogP contribution in [0.3, 0.4) is 0 Å². The summed E-state index contributed by atoms with van der Waals surface area (Å²) in [6, 6.07) is 0.